The summed E-state index contributed by atoms with van der Waals surface area (Å²) in [6.07, 6.45) is 0. The summed E-state index contributed by atoms with van der Waals surface area (Å²) in [5.41, 5.74) is 1.87. The molecule has 1 fully saturated rings. The molecular formula is C23H17ClN2O4S. The molecule has 2 heterocycles. The van der Waals surface area contributed by atoms with Crippen molar-refractivity contribution in [1.82, 2.24) is 0 Å². The van der Waals surface area contributed by atoms with Crippen LogP contribution in [0.2, 0.25) is 5.02 Å². The highest BCUT2D eigenvalue weighted by molar-refractivity contribution is 7.94. The van der Waals surface area contributed by atoms with E-state index in [4.69, 9.17) is 11.6 Å². The number of carbonyl (C=O) groups excluding carboxylic acids is 2. The Morgan fingerprint density at radius 2 is 1.61 bits per heavy atom. The topological polar surface area (TPSA) is 74.8 Å². The Morgan fingerprint density at radius 3 is 2.35 bits per heavy atom. The van der Waals surface area contributed by atoms with Crippen molar-refractivity contribution in [1.29, 1.82) is 0 Å². The van der Waals surface area contributed by atoms with Gasteiger partial charge in [-0.05, 0) is 35.9 Å². The van der Waals surface area contributed by atoms with E-state index in [0.717, 1.165) is 10.5 Å². The average molecular weight is 453 g/mol. The van der Waals surface area contributed by atoms with Crippen LogP contribution in [0.25, 0.3) is 0 Å². The number of halogens is 1. The summed E-state index contributed by atoms with van der Waals surface area (Å²) in [5, 5.41) is 0.515. The summed E-state index contributed by atoms with van der Waals surface area (Å²) in [5.74, 6) is -2.02. The molecular weight excluding hydrogens is 436 g/mol. The van der Waals surface area contributed by atoms with Crippen molar-refractivity contribution in [2.24, 2.45) is 0 Å². The van der Waals surface area contributed by atoms with Crippen LogP contribution >= 0.6 is 11.6 Å². The standard InChI is InChI=1S/C23H17ClN2O4S/c24-17-8-6-7-16(13-17)14-25-20-12-5-4-11-19(20)23(22(25)28)26(18-9-2-1-3-10-18)21(27)15-31(23,29)30/h1-13H,14-15H2/t23-/m1/s1. The quantitative estimate of drug-likeness (QED) is 0.609. The number of nitrogens with zero attached hydrogens (tertiary/aromatic N) is 2. The number of anilines is 2. The molecule has 156 valence electrons. The Hall–Kier alpha value is -3.16. The Morgan fingerprint density at radius 1 is 0.903 bits per heavy atom. The molecule has 0 unspecified atom stereocenters. The van der Waals surface area contributed by atoms with Gasteiger partial charge < -0.3 is 4.90 Å². The molecule has 0 saturated carbocycles. The molecule has 0 bridgehead atoms. The molecule has 1 atom stereocenters. The number of fused-ring (bicyclic) bond motifs is 2. The molecule has 3 aromatic rings. The van der Waals surface area contributed by atoms with Crippen molar-refractivity contribution < 1.29 is 18.0 Å². The number of hydrogen-bond donors (Lipinski definition) is 0. The van der Waals surface area contributed by atoms with Gasteiger partial charge in [-0.15, -0.1) is 0 Å². The summed E-state index contributed by atoms with van der Waals surface area (Å²) in [6.45, 7) is 0.129. The maximum absolute atomic E-state index is 13.9. The summed E-state index contributed by atoms with van der Waals surface area (Å²) in [4.78, 5) is 27.4. The van der Waals surface area contributed by atoms with Gasteiger partial charge in [0, 0.05) is 16.3 Å². The number of hydrogen-bond acceptors (Lipinski definition) is 4. The van der Waals surface area contributed by atoms with Crippen LogP contribution in [0.1, 0.15) is 11.1 Å². The van der Waals surface area contributed by atoms with E-state index >= 15 is 0 Å². The monoisotopic (exact) mass is 452 g/mol. The lowest BCUT2D eigenvalue weighted by molar-refractivity contribution is -0.123. The molecule has 2 aliphatic heterocycles. The molecule has 0 aromatic heterocycles. The van der Waals surface area contributed by atoms with E-state index in [1.807, 2.05) is 6.07 Å². The van der Waals surface area contributed by atoms with E-state index in [1.165, 1.54) is 4.90 Å². The van der Waals surface area contributed by atoms with Gasteiger partial charge >= 0.3 is 0 Å². The van der Waals surface area contributed by atoms with Crippen LogP contribution in [0.5, 0.6) is 0 Å². The van der Waals surface area contributed by atoms with Crippen molar-refractivity contribution >= 4 is 44.6 Å². The van der Waals surface area contributed by atoms with Gasteiger partial charge in [0.1, 0.15) is 5.75 Å². The SMILES string of the molecule is O=C1CS(=O)(=O)[C@]2(C(=O)N(Cc3cccc(Cl)c3)c3ccccc32)N1c1ccccc1. The molecule has 2 amide bonds. The molecule has 5 rings (SSSR count). The number of benzene rings is 3. The number of carbonyl (C=O) groups is 2. The van der Waals surface area contributed by atoms with Crippen LogP contribution < -0.4 is 9.80 Å². The van der Waals surface area contributed by atoms with Crippen LogP contribution in [-0.4, -0.2) is 26.0 Å². The van der Waals surface area contributed by atoms with Gasteiger partial charge in [-0.3, -0.25) is 14.5 Å². The van der Waals surface area contributed by atoms with Crippen LogP contribution in [-0.2, 0) is 30.8 Å². The van der Waals surface area contributed by atoms with Crippen molar-refractivity contribution in [2.75, 3.05) is 15.6 Å². The lowest BCUT2D eigenvalue weighted by Crippen LogP contribution is -2.54. The zero-order valence-electron chi connectivity index (χ0n) is 16.2. The van der Waals surface area contributed by atoms with Gasteiger partial charge in [-0.25, -0.2) is 8.42 Å². The second kappa shape index (κ2) is 6.93. The molecule has 8 heteroatoms. The molecule has 31 heavy (non-hydrogen) atoms. The van der Waals surface area contributed by atoms with E-state index in [2.05, 4.69) is 0 Å². The fourth-order valence-electron chi connectivity index (χ4n) is 4.44. The van der Waals surface area contributed by atoms with E-state index in [0.29, 0.717) is 16.4 Å². The van der Waals surface area contributed by atoms with Crippen LogP contribution in [0.4, 0.5) is 11.4 Å². The van der Waals surface area contributed by atoms with Gasteiger partial charge in [0.05, 0.1) is 12.2 Å². The lowest BCUT2D eigenvalue weighted by atomic mass is 10.0. The van der Waals surface area contributed by atoms with Crippen LogP contribution in [0.15, 0.2) is 78.9 Å². The third-order valence-corrected chi connectivity index (χ3v) is 8.01. The van der Waals surface area contributed by atoms with Gasteiger partial charge in [-0.1, -0.05) is 60.1 Å². The summed E-state index contributed by atoms with van der Waals surface area (Å²) in [7, 11) is -4.17. The second-order valence-electron chi connectivity index (χ2n) is 7.51. The average Bonchev–Trinajstić information content (AvgIpc) is 3.12. The maximum atomic E-state index is 13.9. The molecule has 0 N–H and O–H groups in total. The highest BCUT2D eigenvalue weighted by atomic mass is 35.5. The number of amides is 2. The van der Waals surface area contributed by atoms with E-state index in [-0.39, 0.29) is 12.1 Å². The van der Waals surface area contributed by atoms with Crippen LogP contribution in [0, 0.1) is 0 Å². The predicted molar refractivity (Wildman–Crippen MR) is 118 cm³/mol. The molecule has 0 aliphatic carbocycles. The lowest BCUT2D eigenvalue weighted by Gasteiger charge is -2.32. The highest BCUT2D eigenvalue weighted by Gasteiger charge is 2.69. The maximum Gasteiger partial charge on any atom is 0.274 e. The second-order valence-corrected chi connectivity index (χ2v) is 10.1. The molecule has 2 aliphatic rings. The first kappa shape index (κ1) is 19.8. The summed E-state index contributed by atoms with van der Waals surface area (Å²) >= 11 is 6.10. The molecule has 6 nitrogen and oxygen atoms in total. The minimum atomic E-state index is -4.17. The zero-order chi connectivity index (χ0) is 21.8. The molecule has 1 saturated heterocycles. The number of sulfone groups is 1. The van der Waals surface area contributed by atoms with Gasteiger partial charge in [0.15, 0.2) is 9.84 Å². The van der Waals surface area contributed by atoms with Crippen molar-refractivity contribution in [3.8, 4) is 0 Å². The Bertz CT molecular complexity index is 1330. The Balaban J connectivity index is 1.74. The molecule has 1 spiro atoms. The predicted octanol–water partition coefficient (Wildman–Crippen LogP) is 3.50. The van der Waals surface area contributed by atoms with Crippen molar-refractivity contribution in [2.45, 2.75) is 11.4 Å². The normalized spacial score (nSPS) is 21.7. The molecule has 3 aromatic carbocycles. The minimum absolute atomic E-state index is 0.129. The van der Waals surface area contributed by atoms with Crippen molar-refractivity contribution in [3.05, 3.63) is 95.0 Å². The van der Waals surface area contributed by atoms with E-state index < -0.39 is 32.3 Å². The van der Waals surface area contributed by atoms with Gasteiger partial charge in [0.2, 0.25) is 5.91 Å². The first-order chi connectivity index (χ1) is 14.9. The fraction of sp³-hybridized carbons (Fsp3) is 0.130. The first-order valence-corrected chi connectivity index (χ1v) is 11.7. The third kappa shape index (κ3) is 2.73. The van der Waals surface area contributed by atoms with Gasteiger partial charge in [-0.2, -0.15) is 0 Å². The Kier molecular flexibility index (Phi) is 4.42. The van der Waals surface area contributed by atoms with E-state index in [9.17, 15) is 18.0 Å². The van der Waals surface area contributed by atoms with E-state index in [1.54, 1.807) is 72.8 Å². The Labute approximate surface area is 184 Å². The van der Waals surface area contributed by atoms with Gasteiger partial charge in [0.25, 0.3) is 10.8 Å². The number of rotatable bonds is 3. The fourth-order valence-corrected chi connectivity index (χ4v) is 6.69. The highest BCUT2D eigenvalue weighted by Crippen LogP contribution is 2.52. The van der Waals surface area contributed by atoms with Crippen LogP contribution in [0.3, 0.4) is 0 Å². The zero-order valence-corrected chi connectivity index (χ0v) is 17.8. The first-order valence-electron chi connectivity index (χ1n) is 9.62. The largest absolute Gasteiger partial charge is 0.304 e. The smallest absolute Gasteiger partial charge is 0.274 e. The summed E-state index contributed by atoms with van der Waals surface area (Å²) < 4.78 is 26.9. The third-order valence-electron chi connectivity index (χ3n) is 5.67. The number of para-hydroxylation sites is 2. The molecule has 0 radical (unpaired) electrons. The van der Waals surface area contributed by atoms with Crippen molar-refractivity contribution in [3.63, 3.8) is 0 Å². The minimum Gasteiger partial charge on any atom is -0.304 e. The summed E-state index contributed by atoms with van der Waals surface area (Å²) in [6, 6.07) is 22.2.